The van der Waals surface area contributed by atoms with Crippen molar-refractivity contribution in [1.29, 1.82) is 0 Å². The maximum Gasteiger partial charge on any atom is 0.341 e. The van der Waals surface area contributed by atoms with Crippen molar-refractivity contribution >= 4 is 30.0 Å². The number of likely N-dealkylation sites (tertiary alicyclic amines) is 1. The first-order valence-corrected chi connectivity index (χ1v) is 12.1. The van der Waals surface area contributed by atoms with Crippen molar-refractivity contribution in [3.8, 4) is 0 Å². The highest BCUT2D eigenvalue weighted by Crippen LogP contribution is 2.30. The Hall–Kier alpha value is -4.23. The van der Waals surface area contributed by atoms with Gasteiger partial charge >= 0.3 is 6.03 Å². The lowest BCUT2D eigenvalue weighted by molar-refractivity contribution is -0.121. The summed E-state index contributed by atoms with van der Waals surface area (Å²) in [5.41, 5.74) is 5.24. The molecule has 2 fully saturated rings. The zero-order valence-electron chi connectivity index (χ0n) is 20.3. The topological polar surface area (TPSA) is 128 Å². The van der Waals surface area contributed by atoms with Crippen LogP contribution in [0.5, 0.6) is 0 Å². The summed E-state index contributed by atoms with van der Waals surface area (Å²) in [4.78, 5) is 50.2. The van der Waals surface area contributed by atoms with E-state index >= 15 is 0 Å². The van der Waals surface area contributed by atoms with Gasteiger partial charge < -0.3 is 20.4 Å². The van der Waals surface area contributed by atoms with Crippen LogP contribution in [0.1, 0.15) is 34.9 Å². The van der Waals surface area contributed by atoms with Crippen molar-refractivity contribution in [2.24, 2.45) is 16.8 Å². The molecule has 2 saturated heterocycles. The number of amides is 4. The minimum atomic E-state index is -0.873. The largest absolute Gasteiger partial charge is 0.369 e. The van der Waals surface area contributed by atoms with Crippen LogP contribution in [0.3, 0.4) is 0 Å². The summed E-state index contributed by atoms with van der Waals surface area (Å²) in [5, 5.41) is 5.33. The fourth-order valence-corrected chi connectivity index (χ4v) is 4.87. The molecule has 200 valence electrons. The van der Waals surface area contributed by atoms with Crippen LogP contribution in [0.25, 0.3) is 0 Å². The van der Waals surface area contributed by atoms with E-state index in [1.165, 1.54) is 28.3 Å². The standard InChI is InChI=1S/C24H25F3N8O3/c25-16-9-15(10-17(26)11-16)19-1-3-30-35(19)24(38)33-7-5-32(6-8-33)23-29-12-18(27)20(31-23)22(37)34-4-2-14(13-34)21(28)36/h3,9-12,14,19H,1-2,4-8,13H2,(H2,28,36)/t14-,19+/m1/s1. The highest BCUT2D eigenvalue weighted by Gasteiger charge is 2.35. The van der Waals surface area contributed by atoms with E-state index < -0.39 is 53.0 Å². The zero-order chi connectivity index (χ0) is 27.0. The van der Waals surface area contributed by atoms with Crippen molar-refractivity contribution in [3.63, 3.8) is 0 Å². The van der Waals surface area contributed by atoms with E-state index in [0.717, 1.165) is 12.3 Å². The summed E-state index contributed by atoms with van der Waals surface area (Å²) in [6, 6.07) is 2.09. The van der Waals surface area contributed by atoms with Crippen LogP contribution < -0.4 is 10.6 Å². The number of hydrogen-bond acceptors (Lipinski definition) is 7. The summed E-state index contributed by atoms with van der Waals surface area (Å²) < 4.78 is 41.9. The Morgan fingerprint density at radius 1 is 0.947 bits per heavy atom. The molecule has 0 aliphatic carbocycles. The van der Waals surface area contributed by atoms with E-state index in [0.29, 0.717) is 31.5 Å². The Morgan fingerprint density at radius 2 is 1.66 bits per heavy atom. The third-order valence-electron chi connectivity index (χ3n) is 6.94. The highest BCUT2D eigenvalue weighted by molar-refractivity contribution is 5.93. The normalized spacial score (nSPS) is 21.3. The second-order valence-corrected chi connectivity index (χ2v) is 9.36. The smallest absolute Gasteiger partial charge is 0.341 e. The predicted molar refractivity (Wildman–Crippen MR) is 128 cm³/mol. The molecule has 3 aliphatic rings. The predicted octanol–water partition coefficient (Wildman–Crippen LogP) is 1.52. The van der Waals surface area contributed by atoms with Gasteiger partial charge in [-0.05, 0) is 24.1 Å². The fraction of sp³-hybridized carbons (Fsp3) is 0.417. The first-order valence-electron chi connectivity index (χ1n) is 12.1. The monoisotopic (exact) mass is 530 g/mol. The van der Waals surface area contributed by atoms with Gasteiger partial charge in [0.15, 0.2) is 11.5 Å². The Kier molecular flexibility index (Phi) is 6.87. The number of benzene rings is 1. The average Bonchev–Trinajstić information content (AvgIpc) is 3.58. The number of carbonyl (C=O) groups is 3. The van der Waals surface area contributed by atoms with Gasteiger partial charge in [-0.15, -0.1) is 0 Å². The first kappa shape index (κ1) is 25.4. The molecular weight excluding hydrogens is 505 g/mol. The van der Waals surface area contributed by atoms with Gasteiger partial charge in [0.05, 0.1) is 18.2 Å². The van der Waals surface area contributed by atoms with Gasteiger partial charge in [0, 0.05) is 58.0 Å². The Morgan fingerprint density at radius 3 is 2.32 bits per heavy atom. The number of anilines is 1. The fourth-order valence-electron chi connectivity index (χ4n) is 4.87. The molecule has 0 bridgehead atoms. The molecule has 11 nitrogen and oxygen atoms in total. The molecule has 2 aromatic rings. The maximum atomic E-state index is 14.5. The summed E-state index contributed by atoms with van der Waals surface area (Å²) in [6.07, 6.45) is 3.19. The van der Waals surface area contributed by atoms with E-state index in [4.69, 9.17) is 5.73 Å². The van der Waals surface area contributed by atoms with Gasteiger partial charge in [-0.3, -0.25) is 9.59 Å². The van der Waals surface area contributed by atoms with Crippen LogP contribution in [-0.2, 0) is 4.79 Å². The molecule has 0 saturated carbocycles. The third kappa shape index (κ3) is 4.97. The van der Waals surface area contributed by atoms with Crippen molar-refractivity contribution in [1.82, 2.24) is 24.8 Å². The molecule has 0 spiro atoms. The number of piperazine rings is 1. The molecule has 4 amide bonds. The number of carbonyl (C=O) groups excluding carboxylic acids is 3. The van der Waals surface area contributed by atoms with Crippen LogP contribution in [0.15, 0.2) is 29.5 Å². The lowest BCUT2D eigenvalue weighted by Crippen LogP contribution is -2.52. The molecule has 38 heavy (non-hydrogen) atoms. The number of hydrogen-bond donors (Lipinski definition) is 1. The van der Waals surface area contributed by atoms with Gasteiger partial charge in [0.2, 0.25) is 11.9 Å². The van der Waals surface area contributed by atoms with E-state index in [9.17, 15) is 27.6 Å². The Bertz CT molecular complexity index is 1280. The SMILES string of the molecule is NC(=O)[C@@H]1CCN(C(=O)c2nc(N3CCN(C(=O)N4N=CC[C@H]4c4cc(F)cc(F)c4)CC3)ncc2F)C1. The van der Waals surface area contributed by atoms with E-state index in [-0.39, 0.29) is 32.1 Å². The Balaban J connectivity index is 1.23. The molecule has 3 aliphatic heterocycles. The van der Waals surface area contributed by atoms with Crippen molar-refractivity contribution < 1.29 is 27.6 Å². The van der Waals surface area contributed by atoms with Gasteiger partial charge in [0.1, 0.15) is 11.6 Å². The number of urea groups is 1. The third-order valence-corrected chi connectivity index (χ3v) is 6.94. The van der Waals surface area contributed by atoms with Crippen LogP contribution in [0.4, 0.5) is 23.9 Å². The number of aromatic nitrogens is 2. The average molecular weight is 531 g/mol. The molecule has 2 N–H and O–H groups in total. The van der Waals surface area contributed by atoms with Crippen LogP contribution in [0.2, 0.25) is 0 Å². The zero-order valence-corrected chi connectivity index (χ0v) is 20.3. The molecule has 0 radical (unpaired) electrons. The second-order valence-electron chi connectivity index (χ2n) is 9.36. The van der Waals surface area contributed by atoms with Crippen molar-refractivity contribution in [2.45, 2.75) is 18.9 Å². The van der Waals surface area contributed by atoms with Crippen LogP contribution in [0, 0.1) is 23.4 Å². The van der Waals surface area contributed by atoms with Gasteiger partial charge in [-0.25, -0.2) is 32.9 Å². The number of nitrogens with two attached hydrogens (primary N) is 1. The maximum absolute atomic E-state index is 14.5. The summed E-state index contributed by atoms with van der Waals surface area (Å²) in [6.45, 7) is 1.49. The van der Waals surface area contributed by atoms with E-state index in [2.05, 4.69) is 15.1 Å². The molecule has 1 aromatic heterocycles. The van der Waals surface area contributed by atoms with Crippen molar-refractivity contribution in [2.75, 3.05) is 44.2 Å². The summed E-state index contributed by atoms with van der Waals surface area (Å²) >= 11 is 0. The van der Waals surface area contributed by atoms with Crippen LogP contribution in [-0.4, -0.2) is 88.1 Å². The van der Waals surface area contributed by atoms with Gasteiger partial charge in [-0.2, -0.15) is 5.10 Å². The molecule has 14 heteroatoms. The van der Waals surface area contributed by atoms with Gasteiger partial charge in [-0.1, -0.05) is 0 Å². The molecule has 4 heterocycles. The summed E-state index contributed by atoms with van der Waals surface area (Å²) in [7, 11) is 0. The number of rotatable bonds is 4. The molecular formula is C24H25F3N8O3. The minimum absolute atomic E-state index is 0.107. The molecule has 0 unspecified atom stereocenters. The lowest BCUT2D eigenvalue weighted by Gasteiger charge is -2.37. The number of hydrazone groups is 1. The number of halogens is 3. The van der Waals surface area contributed by atoms with Gasteiger partial charge in [0.25, 0.3) is 5.91 Å². The second kappa shape index (κ2) is 10.3. The molecule has 1 aromatic carbocycles. The quantitative estimate of drug-likeness (QED) is 0.639. The number of nitrogens with zero attached hydrogens (tertiary/aromatic N) is 7. The summed E-state index contributed by atoms with van der Waals surface area (Å²) in [5.74, 6) is -3.83. The lowest BCUT2D eigenvalue weighted by atomic mass is 10.0. The van der Waals surface area contributed by atoms with Crippen LogP contribution >= 0.6 is 0 Å². The van der Waals surface area contributed by atoms with Crippen molar-refractivity contribution in [3.05, 3.63) is 53.1 Å². The number of primary amides is 1. The van der Waals surface area contributed by atoms with E-state index in [1.54, 1.807) is 9.80 Å². The van der Waals surface area contributed by atoms with E-state index in [1.807, 2.05) is 0 Å². The molecule has 5 rings (SSSR count). The minimum Gasteiger partial charge on any atom is -0.369 e. The molecule has 2 atom stereocenters. The Labute approximate surface area is 215 Å². The first-order chi connectivity index (χ1) is 18.2. The highest BCUT2D eigenvalue weighted by atomic mass is 19.1.